The molecule has 3 aromatic rings. The second-order valence-corrected chi connectivity index (χ2v) is 7.46. The van der Waals surface area contributed by atoms with Crippen LogP contribution < -0.4 is 15.4 Å². The molecule has 174 valence electrons. The molecule has 3 aromatic carbocycles. The van der Waals surface area contributed by atoms with Crippen LogP contribution >= 0.6 is 11.6 Å². The van der Waals surface area contributed by atoms with Crippen LogP contribution in [0.3, 0.4) is 0 Å². The molecular weight excluding hydrogens is 456 g/mol. The number of carbonyl (C=O) groups is 3. The highest BCUT2D eigenvalue weighted by Crippen LogP contribution is 2.17. The number of hydrogen-bond donors (Lipinski definition) is 2. The van der Waals surface area contributed by atoms with Gasteiger partial charge < -0.3 is 20.1 Å². The molecule has 0 aliphatic carbocycles. The zero-order valence-corrected chi connectivity index (χ0v) is 19.2. The Morgan fingerprint density at radius 2 is 1.74 bits per heavy atom. The maximum atomic E-state index is 12.5. The number of nitrogens with one attached hydrogen (secondary N) is 2. The highest BCUT2D eigenvalue weighted by molar-refractivity contribution is 6.30. The monoisotopic (exact) mass is 478 g/mol. The van der Waals surface area contributed by atoms with Crippen LogP contribution in [0.5, 0.6) is 5.75 Å². The summed E-state index contributed by atoms with van der Waals surface area (Å²) in [5, 5.41) is 6.23. The van der Waals surface area contributed by atoms with Crippen molar-refractivity contribution >= 4 is 41.3 Å². The zero-order chi connectivity index (χ0) is 24.3. The van der Waals surface area contributed by atoms with Gasteiger partial charge in [0, 0.05) is 28.9 Å². The standard InChI is InChI=1S/C26H23ClN2O5/c1-2-33-26(32)34-22-13-11-19(12-14-22)25(31)28-17-20-7-3-4-9-23(20)29-24(30)15-10-18-6-5-8-21(27)16-18/h3-16H,2,17H2,1H3,(H,28,31)(H,29,30)/b15-10+. The molecule has 0 spiro atoms. The number of amides is 2. The van der Waals surface area contributed by atoms with Crippen LogP contribution in [0, 0.1) is 0 Å². The summed E-state index contributed by atoms with van der Waals surface area (Å²) in [6.45, 7) is 2.09. The Labute approximate surface area is 202 Å². The topological polar surface area (TPSA) is 93.7 Å². The fourth-order valence-electron chi connectivity index (χ4n) is 2.95. The molecule has 0 aliphatic rings. The second-order valence-electron chi connectivity index (χ2n) is 7.03. The van der Waals surface area contributed by atoms with Crippen molar-refractivity contribution < 1.29 is 23.9 Å². The van der Waals surface area contributed by atoms with Crippen molar-refractivity contribution in [2.45, 2.75) is 13.5 Å². The van der Waals surface area contributed by atoms with Gasteiger partial charge in [-0.05, 0) is 66.6 Å². The lowest BCUT2D eigenvalue weighted by Gasteiger charge is -2.11. The number of anilines is 1. The van der Waals surface area contributed by atoms with Gasteiger partial charge in [0.05, 0.1) is 6.61 Å². The molecular formula is C26H23ClN2O5. The number of rotatable bonds is 8. The van der Waals surface area contributed by atoms with Crippen molar-refractivity contribution in [3.8, 4) is 5.75 Å². The minimum absolute atomic E-state index is 0.203. The quantitative estimate of drug-likeness (QED) is 0.255. The molecule has 0 radical (unpaired) electrons. The summed E-state index contributed by atoms with van der Waals surface area (Å²) < 4.78 is 9.69. The molecule has 0 bridgehead atoms. The van der Waals surface area contributed by atoms with Gasteiger partial charge in [-0.3, -0.25) is 9.59 Å². The minimum atomic E-state index is -0.805. The molecule has 7 nitrogen and oxygen atoms in total. The molecule has 0 aliphatic heterocycles. The van der Waals surface area contributed by atoms with E-state index in [0.29, 0.717) is 16.3 Å². The van der Waals surface area contributed by atoms with E-state index in [9.17, 15) is 14.4 Å². The normalized spacial score (nSPS) is 10.5. The van der Waals surface area contributed by atoms with Gasteiger partial charge in [-0.25, -0.2) is 4.79 Å². The predicted octanol–water partition coefficient (Wildman–Crippen LogP) is 5.46. The van der Waals surface area contributed by atoms with Gasteiger partial charge in [0.25, 0.3) is 5.91 Å². The van der Waals surface area contributed by atoms with Crippen molar-refractivity contribution in [1.29, 1.82) is 0 Å². The molecule has 0 aromatic heterocycles. The molecule has 2 amide bonds. The van der Waals surface area contributed by atoms with E-state index in [0.717, 1.165) is 11.1 Å². The molecule has 0 saturated heterocycles. The summed E-state index contributed by atoms with van der Waals surface area (Å²) in [5.74, 6) is -0.352. The first-order chi connectivity index (χ1) is 16.4. The highest BCUT2D eigenvalue weighted by atomic mass is 35.5. The molecule has 0 atom stereocenters. The lowest BCUT2D eigenvalue weighted by Crippen LogP contribution is -2.23. The van der Waals surface area contributed by atoms with E-state index in [4.69, 9.17) is 21.1 Å². The molecule has 34 heavy (non-hydrogen) atoms. The molecule has 0 unspecified atom stereocenters. The van der Waals surface area contributed by atoms with Crippen molar-refractivity contribution in [3.05, 3.63) is 101 Å². The van der Waals surface area contributed by atoms with Crippen LogP contribution in [0.2, 0.25) is 5.02 Å². The maximum Gasteiger partial charge on any atom is 0.513 e. The number of ether oxygens (including phenoxy) is 2. The van der Waals surface area contributed by atoms with E-state index in [-0.39, 0.29) is 30.7 Å². The van der Waals surface area contributed by atoms with E-state index in [1.807, 2.05) is 18.2 Å². The second kappa shape index (κ2) is 12.2. The first-order valence-corrected chi connectivity index (χ1v) is 10.9. The van der Waals surface area contributed by atoms with Crippen molar-refractivity contribution in [2.75, 3.05) is 11.9 Å². The third-order valence-electron chi connectivity index (χ3n) is 4.57. The predicted molar refractivity (Wildman–Crippen MR) is 131 cm³/mol. The third kappa shape index (κ3) is 7.50. The first kappa shape index (κ1) is 24.5. The average molecular weight is 479 g/mol. The Morgan fingerprint density at radius 1 is 0.971 bits per heavy atom. The van der Waals surface area contributed by atoms with Crippen molar-refractivity contribution in [2.24, 2.45) is 0 Å². The molecule has 8 heteroatoms. The van der Waals surface area contributed by atoms with Crippen LogP contribution in [-0.2, 0) is 16.1 Å². The highest BCUT2D eigenvalue weighted by Gasteiger charge is 2.10. The number of para-hydroxylation sites is 1. The molecule has 0 fully saturated rings. The van der Waals surface area contributed by atoms with Gasteiger partial charge in [0.15, 0.2) is 0 Å². The molecule has 0 saturated carbocycles. The van der Waals surface area contributed by atoms with Crippen molar-refractivity contribution in [1.82, 2.24) is 5.32 Å². The summed E-state index contributed by atoms with van der Waals surface area (Å²) in [4.78, 5) is 36.3. The molecule has 3 rings (SSSR count). The van der Waals surface area contributed by atoms with Crippen LogP contribution in [0.4, 0.5) is 10.5 Å². The van der Waals surface area contributed by atoms with Crippen LogP contribution in [-0.4, -0.2) is 24.6 Å². The van der Waals surface area contributed by atoms with Crippen molar-refractivity contribution in [3.63, 3.8) is 0 Å². The van der Waals surface area contributed by atoms with E-state index in [2.05, 4.69) is 10.6 Å². The van der Waals surface area contributed by atoms with Gasteiger partial charge in [0.2, 0.25) is 5.91 Å². The smallest absolute Gasteiger partial charge is 0.434 e. The van der Waals surface area contributed by atoms with E-state index in [1.165, 1.54) is 30.3 Å². The Kier molecular flexibility index (Phi) is 8.82. The van der Waals surface area contributed by atoms with E-state index in [1.54, 1.807) is 43.3 Å². The summed E-state index contributed by atoms with van der Waals surface area (Å²) in [6.07, 6.45) is 2.28. The first-order valence-electron chi connectivity index (χ1n) is 10.5. The SMILES string of the molecule is CCOC(=O)Oc1ccc(C(=O)NCc2ccccc2NC(=O)/C=C/c2cccc(Cl)c2)cc1. The van der Waals surface area contributed by atoms with Gasteiger partial charge in [0.1, 0.15) is 5.75 Å². The van der Waals surface area contributed by atoms with E-state index >= 15 is 0 Å². The fraction of sp³-hybridized carbons (Fsp3) is 0.115. The lowest BCUT2D eigenvalue weighted by atomic mass is 10.1. The van der Waals surface area contributed by atoms with Gasteiger partial charge in [-0.1, -0.05) is 41.9 Å². The number of halogens is 1. The Balaban J connectivity index is 1.58. The lowest BCUT2D eigenvalue weighted by molar-refractivity contribution is -0.111. The molecule has 2 N–H and O–H groups in total. The summed E-state index contributed by atoms with van der Waals surface area (Å²) in [7, 11) is 0. The van der Waals surface area contributed by atoms with Crippen LogP contribution in [0.1, 0.15) is 28.4 Å². The number of carbonyl (C=O) groups excluding carboxylic acids is 3. The summed E-state index contributed by atoms with van der Waals surface area (Å²) in [5.41, 5.74) is 2.52. The maximum absolute atomic E-state index is 12.5. The Bertz CT molecular complexity index is 1190. The summed E-state index contributed by atoms with van der Waals surface area (Å²) >= 11 is 5.96. The minimum Gasteiger partial charge on any atom is -0.434 e. The number of benzene rings is 3. The Hall–Kier alpha value is -4.10. The zero-order valence-electron chi connectivity index (χ0n) is 18.4. The van der Waals surface area contributed by atoms with Gasteiger partial charge in [-0.2, -0.15) is 0 Å². The fourth-order valence-corrected chi connectivity index (χ4v) is 3.15. The molecule has 0 heterocycles. The summed E-state index contributed by atoms with van der Waals surface area (Å²) in [6, 6.07) is 20.4. The van der Waals surface area contributed by atoms with E-state index < -0.39 is 6.16 Å². The van der Waals surface area contributed by atoms with Crippen LogP contribution in [0.25, 0.3) is 6.08 Å². The Morgan fingerprint density at radius 3 is 2.47 bits per heavy atom. The van der Waals surface area contributed by atoms with Gasteiger partial charge >= 0.3 is 6.16 Å². The van der Waals surface area contributed by atoms with Gasteiger partial charge in [-0.15, -0.1) is 0 Å². The van der Waals surface area contributed by atoms with Crippen LogP contribution in [0.15, 0.2) is 78.9 Å². The largest absolute Gasteiger partial charge is 0.513 e. The average Bonchev–Trinajstić information content (AvgIpc) is 2.83. The third-order valence-corrected chi connectivity index (χ3v) is 4.81. The number of hydrogen-bond acceptors (Lipinski definition) is 5.